The molecular weight excluding hydrogens is 324 g/mol. The summed E-state index contributed by atoms with van der Waals surface area (Å²) in [6, 6.07) is 0. The molecule has 7 nitrogen and oxygen atoms in total. The van der Waals surface area contributed by atoms with E-state index in [1.165, 1.54) is 6.08 Å². The molecule has 0 rings (SSSR count). The molecule has 0 aromatic carbocycles. The second-order valence-corrected chi connectivity index (χ2v) is 8.09. The summed E-state index contributed by atoms with van der Waals surface area (Å²) in [5, 5.41) is 6.58. The second kappa shape index (κ2) is 8.44. The van der Waals surface area contributed by atoms with Gasteiger partial charge < -0.3 is 9.84 Å². The molecule has 2 N–H and O–H groups in total. The van der Waals surface area contributed by atoms with Crippen molar-refractivity contribution in [1.29, 1.82) is 0 Å². The Morgan fingerprint density at radius 3 is 1.87 bits per heavy atom. The van der Waals surface area contributed by atoms with Gasteiger partial charge in [-0.15, -0.1) is 0 Å². The summed E-state index contributed by atoms with van der Waals surface area (Å²) in [5.74, 6) is -2.55. The minimum Gasteiger partial charge on any atom is -0.481 e. The Labute approximate surface area is 137 Å². The highest BCUT2D eigenvalue weighted by molar-refractivity contribution is 7.87. The molecule has 0 fully saturated rings. The summed E-state index contributed by atoms with van der Waals surface area (Å²) in [4.78, 5) is 22.9. The second-order valence-electron chi connectivity index (χ2n) is 6.49. The fourth-order valence-corrected chi connectivity index (χ4v) is 3.14. The standard InChI is InChI=1S/C15H26O7S/c1-6-15(8-10(2)3,9-11(4)5)22-14(18)12(7-13(16)17)23(19,20)21/h6,10-12H,1,7-9H2,2-5H3,(H,16,17)(H,19,20,21). The predicted octanol–water partition coefficient (Wildman–Crippen LogP) is 2.28. The van der Waals surface area contributed by atoms with Crippen molar-refractivity contribution in [3.63, 3.8) is 0 Å². The predicted molar refractivity (Wildman–Crippen MR) is 85.5 cm³/mol. The van der Waals surface area contributed by atoms with Gasteiger partial charge in [0.2, 0.25) is 0 Å². The molecule has 0 spiro atoms. The van der Waals surface area contributed by atoms with E-state index in [0.29, 0.717) is 12.8 Å². The summed E-state index contributed by atoms with van der Waals surface area (Å²) in [5.41, 5.74) is -1.11. The molecule has 8 heteroatoms. The Morgan fingerprint density at radius 2 is 1.61 bits per heavy atom. The lowest BCUT2D eigenvalue weighted by Crippen LogP contribution is -2.42. The molecule has 0 radical (unpaired) electrons. The molecule has 0 amide bonds. The molecule has 1 unspecified atom stereocenters. The van der Waals surface area contributed by atoms with Gasteiger partial charge in [-0.3, -0.25) is 14.1 Å². The van der Waals surface area contributed by atoms with E-state index in [4.69, 9.17) is 14.4 Å². The molecule has 0 bridgehead atoms. The largest absolute Gasteiger partial charge is 0.481 e. The first kappa shape index (κ1) is 21.6. The Kier molecular flexibility index (Phi) is 7.93. The maximum Gasteiger partial charge on any atom is 0.328 e. The first-order valence-electron chi connectivity index (χ1n) is 7.37. The number of carboxylic acids is 1. The minimum atomic E-state index is -4.89. The van der Waals surface area contributed by atoms with Gasteiger partial charge in [-0.1, -0.05) is 34.3 Å². The maximum atomic E-state index is 12.2. The highest BCUT2D eigenvalue weighted by Crippen LogP contribution is 2.31. The van der Waals surface area contributed by atoms with Gasteiger partial charge >= 0.3 is 11.9 Å². The van der Waals surface area contributed by atoms with Crippen LogP contribution in [-0.4, -0.2) is 40.9 Å². The van der Waals surface area contributed by atoms with Crippen LogP contribution >= 0.6 is 0 Å². The third kappa shape index (κ3) is 7.60. The zero-order valence-corrected chi connectivity index (χ0v) is 14.8. The van der Waals surface area contributed by atoms with Crippen LogP contribution < -0.4 is 0 Å². The van der Waals surface area contributed by atoms with Crippen LogP contribution in [0.5, 0.6) is 0 Å². The van der Waals surface area contributed by atoms with Gasteiger partial charge in [-0.2, -0.15) is 8.42 Å². The van der Waals surface area contributed by atoms with Gasteiger partial charge in [0, 0.05) is 0 Å². The number of ether oxygens (including phenoxy) is 1. The monoisotopic (exact) mass is 350 g/mol. The van der Waals surface area contributed by atoms with Crippen LogP contribution in [0.3, 0.4) is 0 Å². The molecule has 0 saturated carbocycles. The van der Waals surface area contributed by atoms with E-state index in [2.05, 4.69) is 6.58 Å². The molecule has 0 aromatic rings. The van der Waals surface area contributed by atoms with Gasteiger partial charge in [-0.25, -0.2) is 0 Å². The number of carbonyl (C=O) groups is 2. The van der Waals surface area contributed by atoms with Gasteiger partial charge in [0.25, 0.3) is 10.1 Å². The lowest BCUT2D eigenvalue weighted by molar-refractivity contribution is -0.159. The van der Waals surface area contributed by atoms with Crippen LogP contribution in [-0.2, 0) is 24.4 Å². The minimum absolute atomic E-state index is 0.128. The summed E-state index contributed by atoms with van der Waals surface area (Å²) in [6.07, 6.45) is 1.19. The van der Waals surface area contributed by atoms with Crippen molar-refractivity contribution in [1.82, 2.24) is 0 Å². The Balaban J connectivity index is 5.56. The zero-order valence-electron chi connectivity index (χ0n) is 14.0. The zero-order chi connectivity index (χ0) is 18.4. The van der Waals surface area contributed by atoms with Crippen molar-refractivity contribution in [3.8, 4) is 0 Å². The van der Waals surface area contributed by atoms with Gasteiger partial charge in [0.15, 0.2) is 5.25 Å². The van der Waals surface area contributed by atoms with Gasteiger partial charge in [0.1, 0.15) is 5.60 Å². The Bertz CT molecular complexity index is 524. The summed E-state index contributed by atoms with van der Waals surface area (Å²) >= 11 is 0. The Hall–Kier alpha value is -1.41. The number of aliphatic carboxylic acids is 1. The number of carboxylic acid groups (broad SMARTS) is 1. The van der Waals surface area contributed by atoms with E-state index >= 15 is 0 Å². The highest BCUT2D eigenvalue weighted by atomic mass is 32.2. The quantitative estimate of drug-likeness (QED) is 0.352. The lowest BCUT2D eigenvalue weighted by atomic mass is 9.85. The van der Waals surface area contributed by atoms with Crippen molar-refractivity contribution in [2.75, 3.05) is 0 Å². The van der Waals surface area contributed by atoms with E-state index < -0.39 is 39.3 Å². The topological polar surface area (TPSA) is 118 Å². The van der Waals surface area contributed by atoms with Gasteiger partial charge in [-0.05, 0) is 30.8 Å². The van der Waals surface area contributed by atoms with Crippen molar-refractivity contribution >= 4 is 22.1 Å². The third-order valence-corrected chi connectivity index (χ3v) is 4.24. The maximum absolute atomic E-state index is 12.2. The number of rotatable bonds is 10. The molecule has 0 aromatic heterocycles. The van der Waals surface area contributed by atoms with E-state index in [1.54, 1.807) is 0 Å². The summed E-state index contributed by atoms with van der Waals surface area (Å²) in [7, 11) is -4.89. The summed E-state index contributed by atoms with van der Waals surface area (Å²) < 4.78 is 37.0. The highest BCUT2D eigenvalue weighted by Gasteiger charge is 2.40. The van der Waals surface area contributed by atoms with Crippen molar-refractivity contribution < 1.29 is 32.4 Å². The number of carbonyl (C=O) groups excluding carboxylic acids is 1. The molecule has 0 aliphatic heterocycles. The third-order valence-electron chi connectivity index (χ3n) is 3.17. The van der Waals surface area contributed by atoms with Crippen molar-refractivity contribution in [3.05, 3.63) is 12.7 Å². The number of hydrogen-bond donors (Lipinski definition) is 2. The normalized spacial score (nSPS) is 13.9. The first-order valence-corrected chi connectivity index (χ1v) is 8.88. The van der Waals surface area contributed by atoms with Crippen molar-refractivity contribution in [2.24, 2.45) is 11.8 Å². The number of hydrogen-bond acceptors (Lipinski definition) is 5. The van der Waals surface area contributed by atoms with E-state index in [-0.39, 0.29) is 11.8 Å². The molecule has 1 atom stereocenters. The van der Waals surface area contributed by atoms with Crippen LogP contribution in [0.1, 0.15) is 47.0 Å². The molecule has 134 valence electrons. The average Bonchev–Trinajstić information content (AvgIpc) is 2.32. The average molecular weight is 350 g/mol. The van der Waals surface area contributed by atoms with Crippen LogP contribution in [0.2, 0.25) is 0 Å². The van der Waals surface area contributed by atoms with Crippen LogP contribution in [0.4, 0.5) is 0 Å². The van der Waals surface area contributed by atoms with Crippen molar-refractivity contribution in [2.45, 2.75) is 57.8 Å². The SMILES string of the molecule is C=CC(CC(C)C)(CC(C)C)OC(=O)C(CC(=O)O)S(=O)(=O)O. The number of esters is 1. The van der Waals surface area contributed by atoms with E-state index in [9.17, 15) is 18.0 Å². The summed E-state index contributed by atoms with van der Waals surface area (Å²) in [6.45, 7) is 11.3. The molecular formula is C15H26O7S. The molecule has 0 saturated heterocycles. The molecule has 0 heterocycles. The van der Waals surface area contributed by atoms with E-state index in [1.807, 2.05) is 27.7 Å². The molecule has 0 aliphatic rings. The lowest BCUT2D eigenvalue weighted by Gasteiger charge is -2.34. The van der Waals surface area contributed by atoms with E-state index in [0.717, 1.165) is 0 Å². The molecule has 23 heavy (non-hydrogen) atoms. The van der Waals surface area contributed by atoms with Crippen LogP contribution in [0, 0.1) is 11.8 Å². The van der Waals surface area contributed by atoms with Crippen LogP contribution in [0.25, 0.3) is 0 Å². The fourth-order valence-electron chi connectivity index (χ4n) is 2.49. The Morgan fingerprint density at radius 1 is 1.17 bits per heavy atom. The smallest absolute Gasteiger partial charge is 0.328 e. The van der Waals surface area contributed by atoms with Gasteiger partial charge in [0.05, 0.1) is 6.42 Å². The molecule has 0 aliphatic carbocycles. The van der Waals surface area contributed by atoms with Crippen LogP contribution in [0.15, 0.2) is 12.7 Å². The first-order chi connectivity index (χ1) is 10.3. The fraction of sp³-hybridized carbons (Fsp3) is 0.733.